The molecule has 0 saturated heterocycles. The molecule has 0 atom stereocenters. The summed E-state index contributed by atoms with van der Waals surface area (Å²) in [5.74, 6) is -0.544. The van der Waals surface area contributed by atoms with Crippen LogP contribution in [0.1, 0.15) is 15.9 Å². The Morgan fingerprint density at radius 2 is 2.00 bits per heavy atom. The lowest BCUT2D eigenvalue weighted by molar-refractivity contribution is 0.0989. The molecule has 120 valence electrons. The normalized spacial score (nSPS) is 13.2. The Kier molecular flexibility index (Phi) is 3.58. The first kappa shape index (κ1) is 14.9. The largest absolute Gasteiger partial charge is 0.308 e. The first-order valence-electron chi connectivity index (χ1n) is 7.53. The molecule has 0 saturated carbocycles. The molecule has 2 heterocycles. The lowest BCUT2D eigenvalue weighted by Gasteiger charge is -2.16. The minimum absolute atomic E-state index is 0.197. The number of halogens is 2. The van der Waals surface area contributed by atoms with Crippen molar-refractivity contribution in [3.05, 3.63) is 76.8 Å². The van der Waals surface area contributed by atoms with Gasteiger partial charge in [-0.05, 0) is 36.2 Å². The number of carbonyl (C=O) groups is 1. The third kappa shape index (κ3) is 2.47. The van der Waals surface area contributed by atoms with E-state index in [1.54, 1.807) is 27.9 Å². The van der Waals surface area contributed by atoms with Crippen molar-refractivity contribution in [2.24, 2.45) is 0 Å². The van der Waals surface area contributed by atoms with Gasteiger partial charge in [-0.15, -0.1) is 0 Å². The highest BCUT2D eigenvalue weighted by atomic mass is 35.5. The van der Waals surface area contributed by atoms with E-state index >= 15 is 0 Å². The Morgan fingerprint density at radius 3 is 2.83 bits per heavy atom. The average Bonchev–Trinajstić information content (AvgIpc) is 3.21. The smallest absolute Gasteiger partial charge is 0.261 e. The minimum Gasteiger partial charge on any atom is -0.308 e. The van der Waals surface area contributed by atoms with Gasteiger partial charge in [-0.25, -0.2) is 9.07 Å². The topological polar surface area (TPSA) is 38.1 Å². The second-order valence-electron chi connectivity index (χ2n) is 5.60. The van der Waals surface area contributed by atoms with Crippen molar-refractivity contribution in [3.8, 4) is 5.69 Å². The molecule has 1 aliphatic heterocycles. The molecule has 0 spiro atoms. The molecule has 3 aromatic rings. The maximum Gasteiger partial charge on any atom is 0.261 e. The van der Waals surface area contributed by atoms with Crippen LogP contribution in [-0.4, -0.2) is 22.2 Å². The summed E-state index contributed by atoms with van der Waals surface area (Å²) in [6.45, 7) is 0.537. The van der Waals surface area contributed by atoms with Crippen molar-refractivity contribution in [1.82, 2.24) is 9.78 Å². The molecule has 0 fully saturated rings. The Bertz CT molecular complexity index is 938. The zero-order chi connectivity index (χ0) is 16.7. The van der Waals surface area contributed by atoms with Gasteiger partial charge in [0.05, 0.1) is 28.2 Å². The molecule has 4 nitrogen and oxygen atoms in total. The van der Waals surface area contributed by atoms with E-state index in [0.29, 0.717) is 28.5 Å². The molecule has 0 radical (unpaired) electrons. The quantitative estimate of drug-likeness (QED) is 0.709. The molecular weight excluding hydrogens is 329 g/mol. The van der Waals surface area contributed by atoms with Crippen LogP contribution in [0.5, 0.6) is 0 Å². The fourth-order valence-electron chi connectivity index (χ4n) is 2.92. The van der Waals surface area contributed by atoms with E-state index in [0.717, 1.165) is 12.0 Å². The first-order chi connectivity index (χ1) is 11.6. The Labute approximate surface area is 143 Å². The highest BCUT2D eigenvalue weighted by molar-refractivity contribution is 6.32. The van der Waals surface area contributed by atoms with Crippen molar-refractivity contribution in [2.75, 3.05) is 11.4 Å². The number of rotatable bonds is 2. The number of para-hydroxylation sites is 1. The Balaban J connectivity index is 1.66. The molecule has 0 N–H and O–H groups in total. The van der Waals surface area contributed by atoms with Gasteiger partial charge >= 0.3 is 0 Å². The van der Waals surface area contributed by atoms with Crippen LogP contribution in [0.15, 0.2) is 54.9 Å². The van der Waals surface area contributed by atoms with Crippen molar-refractivity contribution in [3.63, 3.8) is 0 Å². The summed E-state index contributed by atoms with van der Waals surface area (Å²) >= 11 is 6.16. The van der Waals surface area contributed by atoms with Crippen LogP contribution in [0.25, 0.3) is 5.69 Å². The van der Waals surface area contributed by atoms with E-state index in [2.05, 4.69) is 5.10 Å². The second-order valence-corrected chi connectivity index (χ2v) is 6.01. The molecule has 24 heavy (non-hydrogen) atoms. The number of nitrogens with zero attached hydrogens (tertiary/aromatic N) is 3. The molecule has 6 heteroatoms. The number of anilines is 1. The van der Waals surface area contributed by atoms with E-state index in [1.165, 1.54) is 18.3 Å². The molecule has 2 aromatic carbocycles. The number of carbonyl (C=O) groups excluding carboxylic acids is 1. The number of fused-ring (bicyclic) bond motifs is 1. The molecule has 1 aromatic heterocycles. The second kappa shape index (κ2) is 5.76. The van der Waals surface area contributed by atoms with Crippen LogP contribution >= 0.6 is 11.6 Å². The van der Waals surface area contributed by atoms with Gasteiger partial charge in [0.25, 0.3) is 5.91 Å². The third-order valence-electron chi connectivity index (χ3n) is 4.12. The molecule has 1 aliphatic rings. The minimum atomic E-state index is -0.347. The van der Waals surface area contributed by atoms with E-state index in [1.807, 2.05) is 18.2 Å². The summed E-state index contributed by atoms with van der Waals surface area (Å²) in [7, 11) is 0. The zero-order valence-electron chi connectivity index (χ0n) is 12.6. The molecule has 0 aliphatic carbocycles. The maximum atomic E-state index is 13.5. The van der Waals surface area contributed by atoms with Gasteiger partial charge in [-0.2, -0.15) is 5.10 Å². The van der Waals surface area contributed by atoms with Gasteiger partial charge in [0, 0.05) is 12.7 Å². The monoisotopic (exact) mass is 341 g/mol. The van der Waals surface area contributed by atoms with Crippen LogP contribution in [0.4, 0.5) is 10.1 Å². The van der Waals surface area contributed by atoms with Gasteiger partial charge in [0.2, 0.25) is 0 Å². The first-order valence-corrected chi connectivity index (χ1v) is 7.91. The predicted molar refractivity (Wildman–Crippen MR) is 90.4 cm³/mol. The van der Waals surface area contributed by atoms with E-state index in [9.17, 15) is 9.18 Å². The van der Waals surface area contributed by atoms with Gasteiger partial charge in [0.1, 0.15) is 5.82 Å². The zero-order valence-corrected chi connectivity index (χ0v) is 13.4. The predicted octanol–water partition coefficient (Wildman–Crippen LogP) is 3.87. The summed E-state index contributed by atoms with van der Waals surface area (Å²) in [6.07, 6.45) is 3.86. The Hall–Kier alpha value is -2.66. The summed E-state index contributed by atoms with van der Waals surface area (Å²) in [6, 6.07) is 11.8. The highest BCUT2D eigenvalue weighted by Gasteiger charge is 2.27. The van der Waals surface area contributed by atoms with E-state index < -0.39 is 0 Å². The SMILES string of the molecule is O=C(c1cnn(-c2ccccc2Cl)c1)N1CCc2ccc(F)cc21. The summed E-state index contributed by atoms with van der Waals surface area (Å²) in [5.41, 5.74) is 2.74. The van der Waals surface area contributed by atoms with Crippen molar-refractivity contribution in [1.29, 1.82) is 0 Å². The summed E-state index contributed by atoms with van der Waals surface area (Å²) in [4.78, 5) is 14.4. The Morgan fingerprint density at radius 1 is 1.17 bits per heavy atom. The molecule has 0 unspecified atom stereocenters. The van der Waals surface area contributed by atoms with Crippen LogP contribution in [-0.2, 0) is 6.42 Å². The third-order valence-corrected chi connectivity index (χ3v) is 4.44. The van der Waals surface area contributed by atoms with Crippen molar-refractivity contribution >= 4 is 23.2 Å². The fraction of sp³-hybridized carbons (Fsp3) is 0.111. The van der Waals surface area contributed by atoms with Crippen LogP contribution in [0.2, 0.25) is 5.02 Å². The molecule has 4 rings (SSSR count). The van der Waals surface area contributed by atoms with E-state index in [4.69, 9.17) is 11.6 Å². The molecule has 0 bridgehead atoms. The van der Waals surface area contributed by atoms with Crippen LogP contribution in [0.3, 0.4) is 0 Å². The van der Waals surface area contributed by atoms with Gasteiger partial charge in [0.15, 0.2) is 0 Å². The van der Waals surface area contributed by atoms with Gasteiger partial charge < -0.3 is 4.90 Å². The van der Waals surface area contributed by atoms with Crippen molar-refractivity contribution in [2.45, 2.75) is 6.42 Å². The van der Waals surface area contributed by atoms with Crippen LogP contribution < -0.4 is 4.90 Å². The van der Waals surface area contributed by atoms with Crippen molar-refractivity contribution < 1.29 is 9.18 Å². The van der Waals surface area contributed by atoms with Gasteiger partial charge in [-0.3, -0.25) is 4.79 Å². The number of hydrogen-bond donors (Lipinski definition) is 0. The van der Waals surface area contributed by atoms with Gasteiger partial charge in [-0.1, -0.05) is 29.8 Å². The fourth-order valence-corrected chi connectivity index (χ4v) is 3.14. The number of hydrogen-bond acceptors (Lipinski definition) is 2. The van der Waals surface area contributed by atoms with Crippen LogP contribution in [0, 0.1) is 5.82 Å². The van der Waals surface area contributed by atoms with E-state index in [-0.39, 0.29) is 11.7 Å². The number of amides is 1. The summed E-state index contributed by atoms with van der Waals surface area (Å²) in [5, 5.41) is 4.77. The highest BCUT2D eigenvalue weighted by Crippen LogP contribution is 2.30. The standard InChI is InChI=1S/C18H13ClFN3O/c19-15-3-1-2-4-16(15)23-11-13(10-21-23)18(24)22-8-7-12-5-6-14(20)9-17(12)22/h1-6,9-11H,7-8H2. The molecule has 1 amide bonds. The average molecular weight is 342 g/mol. The maximum absolute atomic E-state index is 13.5. The molecular formula is C18H13ClFN3O. The number of benzene rings is 2. The lowest BCUT2D eigenvalue weighted by Crippen LogP contribution is -2.28. The summed E-state index contributed by atoms with van der Waals surface area (Å²) < 4.78 is 15.1. The number of aromatic nitrogens is 2. The lowest BCUT2D eigenvalue weighted by atomic mass is 10.1.